The molecule has 0 unspecified atom stereocenters. The third-order valence-corrected chi connectivity index (χ3v) is 1.98. The SMILES string of the molecule is C=N/C=C(\C=NCC1CC1)CC. The van der Waals surface area contributed by atoms with Crippen LogP contribution in [0.1, 0.15) is 26.2 Å². The first kappa shape index (κ1) is 9.17. The number of nitrogens with zero attached hydrogens (tertiary/aromatic N) is 2. The van der Waals surface area contributed by atoms with Gasteiger partial charge in [0.25, 0.3) is 0 Å². The van der Waals surface area contributed by atoms with Crippen LogP contribution in [0.25, 0.3) is 0 Å². The summed E-state index contributed by atoms with van der Waals surface area (Å²) < 4.78 is 0. The van der Waals surface area contributed by atoms with Gasteiger partial charge in [0.2, 0.25) is 0 Å². The Morgan fingerprint density at radius 3 is 2.83 bits per heavy atom. The van der Waals surface area contributed by atoms with E-state index in [1.807, 2.05) is 6.21 Å². The molecule has 1 saturated carbocycles. The van der Waals surface area contributed by atoms with Crippen LogP contribution in [0.2, 0.25) is 0 Å². The predicted molar refractivity (Wildman–Crippen MR) is 54.0 cm³/mol. The molecule has 2 nitrogen and oxygen atoms in total. The van der Waals surface area contributed by atoms with Crippen molar-refractivity contribution in [3.8, 4) is 0 Å². The van der Waals surface area contributed by atoms with E-state index in [1.165, 1.54) is 12.8 Å². The van der Waals surface area contributed by atoms with Gasteiger partial charge in [0.1, 0.15) is 0 Å². The highest BCUT2D eigenvalue weighted by Gasteiger charge is 2.19. The molecular formula is C10H16N2. The summed E-state index contributed by atoms with van der Waals surface area (Å²) >= 11 is 0. The van der Waals surface area contributed by atoms with Crippen molar-refractivity contribution in [2.45, 2.75) is 26.2 Å². The van der Waals surface area contributed by atoms with Crippen LogP contribution < -0.4 is 0 Å². The van der Waals surface area contributed by atoms with E-state index >= 15 is 0 Å². The minimum Gasteiger partial charge on any atom is -0.293 e. The topological polar surface area (TPSA) is 24.7 Å². The van der Waals surface area contributed by atoms with Crippen LogP contribution in [0.4, 0.5) is 0 Å². The summed E-state index contributed by atoms with van der Waals surface area (Å²) in [5, 5.41) is 0. The van der Waals surface area contributed by atoms with Gasteiger partial charge in [-0.05, 0) is 37.5 Å². The maximum absolute atomic E-state index is 4.34. The third kappa shape index (κ3) is 3.46. The lowest BCUT2D eigenvalue weighted by atomic mass is 10.2. The molecule has 0 bridgehead atoms. The summed E-state index contributed by atoms with van der Waals surface area (Å²) in [4.78, 5) is 8.06. The van der Waals surface area contributed by atoms with Crippen molar-refractivity contribution in [3.63, 3.8) is 0 Å². The van der Waals surface area contributed by atoms with Crippen molar-refractivity contribution in [3.05, 3.63) is 11.8 Å². The molecule has 0 atom stereocenters. The Morgan fingerprint density at radius 2 is 2.33 bits per heavy atom. The lowest BCUT2D eigenvalue weighted by molar-refractivity contribution is 0.851. The average Bonchev–Trinajstić information content (AvgIpc) is 2.87. The lowest BCUT2D eigenvalue weighted by Crippen LogP contribution is -1.86. The van der Waals surface area contributed by atoms with Crippen molar-refractivity contribution in [2.75, 3.05) is 6.54 Å². The van der Waals surface area contributed by atoms with Gasteiger partial charge in [-0.15, -0.1) is 0 Å². The highest BCUT2D eigenvalue weighted by atomic mass is 14.7. The first-order valence-electron chi connectivity index (χ1n) is 4.51. The molecule has 0 spiro atoms. The van der Waals surface area contributed by atoms with Crippen LogP contribution in [-0.2, 0) is 0 Å². The number of allylic oxidation sites excluding steroid dienone is 1. The Morgan fingerprint density at radius 1 is 1.58 bits per heavy atom. The quantitative estimate of drug-likeness (QED) is 0.558. The molecule has 1 aliphatic rings. The predicted octanol–water partition coefficient (Wildman–Crippen LogP) is 2.46. The molecule has 0 aliphatic heterocycles. The normalized spacial score (nSPS) is 18.6. The maximum Gasteiger partial charge on any atom is 0.0417 e. The Balaban J connectivity index is 2.28. The van der Waals surface area contributed by atoms with Crippen LogP contribution >= 0.6 is 0 Å². The second-order valence-electron chi connectivity index (χ2n) is 3.18. The number of rotatable bonds is 5. The molecule has 1 aliphatic carbocycles. The van der Waals surface area contributed by atoms with Gasteiger partial charge >= 0.3 is 0 Å². The molecule has 66 valence electrons. The lowest BCUT2D eigenvalue weighted by Gasteiger charge is -1.92. The first-order chi connectivity index (χ1) is 5.86. The smallest absolute Gasteiger partial charge is 0.0417 e. The second kappa shape index (κ2) is 4.86. The van der Waals surface area contributed by atoms with Crippen molar-refractivity contribution in [2.24, 2.45) is 15.9 Å². The van der Waals surface area contributed by atoms with Gasteiger partial charge in [-0.25, -0.2) is 0 Å². The summed E-state index contributed by atoms with van der Waals surface area (Å²) in [7, 11) is 0. The van der Waals surface area contributed by atoms with Crippen LogP contribution in [0.15, 0.2) is 21.8 Å². The van der Waals surface area contributed by atoms with E-state index in [0.29, 0.717) is 0 Å². The molecular weight excluding hydrogens is 148 g/mol. The Hall–Kier alpha value is -0.920. The van der Waals surface area contributed by atoms with Gasteiger partial charge < -0.3 is 0 Å². The summed E-state index contributed by atoms with van der Waals surface area (Å²) in [5.74, 6) is 0.871. The van der Waals surface area contributed by atoms with Crippen LogP contribution in [-0.4, -0.2) is 19.5 Å². The van der Waals surface area contributed by atoms with Gasteiger partial charge in [-0.1, -0.05) is 6.92 Å². The molecule has 2 heteroatoms. The molecule has 0 radical (unpaired) electrons. The molecule has 0 saturated heterocycles. The standard InChI is InChI=1S/C10H16N2/c1-3-9(6-11-2)7-12-8-10-4-5-10/h6-7,10H,2-5,8H2,1H3/b9-6-,12-7?. The Labute approximate surface area is 74.1 Å². The van der Waals surface area contributed by atoms with Crippen LogP contribution in [0.3, 0.4) is 0 Å². The summed E-state index contributed by atoms with van der Waals surface area (Å²) in [5.41, 5.74) is 1.16. The van der Waals surface area contributed by atoms with E-state index in [1.54, 1.807) is 6.20 Å². The van der Waals surface area contributed by atoms with E-state index in [4.69, 9.17) is 0 Å². The third-order valence-electron chi connectivity index (χ3n) is 1.98. The fourth-order valence-corrected chi connectivity index (χ4v) is 0.953. The zero-order chi connectivity index (χ0) is 8.81. The van der Waals surface area contributed by atoms with E-state index in [0.717, 1.165) is 24.5 Å². The molecule has 0 heterocycles. The minimum absolute atomic E-state index is 0.871. The van der Waals surface area contributed by atoms with E-state index in [-0.39, 0.29) is 0 Å². The van der Waals surface area contributed by atoms with Crippen molar-refractivity contribution in [1.82, 2.24) is 0 Å². The molecule has 0 amide bonds. The van der Waals surface area contributed by atoms with Gasteiger partial charge in [0.15, 0.2) is 0 Å². The van der Waals surface area contributed by atoms with Crippen molar-refractivity contribution < 1.29 is 0 Å². The zero-order valence-electron chi connectivity index (χ0n) is 7.66. The van der Waals surface area contributed by atoms with Crippen molar-refractivity contribution in [1.29, 1.82) is 0 Å². The van der Waals surface area contributed by atoms with Gasteiger partial charge in [0.05, 0.1) is 0 Å². The molecule has 0 aromatic carbocycles. The highest BCUT2D eigenvalue weighted by molar-refractivity contribution is 5.78. The summed E-state index contributed by atoms with van der Waals surface area (Å²) in [6.45, 7) is 6.51. The van der Waals surface area contributed by atoms with Crippen molar-refractivity contribution >= 4 is 12.9 Å². The fraction of sp³-hybridized carbons (Fsp3) is 0.600. The second-order valence-corrected chi connectivity index (χ2v) is 3.18. The Bertz CT molecular complexity index is 200. The van der Waals surface area contributed by atoms with Crippen LogP contribution in [0.5, 0.6) is 0 Å². The highest BCUT2D eigenvalue weighted by Crippen LogP contribution is 2.28. The fourth-order valence-electron chi connectivity index (χ4n) is 0.953. The monoisotopic (exact) mass is 164 g/mol. The van der Waals surface area contributed by atoms with Gasteiger partial charge in [0, 0.05) is 19.0 Å². The molecule has 0 aromatic heterocycles. The van der Waals surface area contributed by atoms with E-state index in [9.17, 15) is 0 Å². The summed E-state index contributed by atoms with van der Waals surface area (Å²) in [6.07, 6.45) is 7.40. The molecule has 1 fully saturated rings. The Kier molecular flexibility index (Phi) is 3.71. The van der Waals surface area contributed by atoms with Crippen LogP contribution in [0, 0.1) is 5.92 Å². The van der Waals surface area contributed by atoms with E-state index < -0.39 is 0 Å². The minimum atomic E-state index is 0.871. The van der Waals surface area contributed by atoms with E-state index in [2.05, 4.69) is 23.6 Å². The maximum atomic E-state index is 4.34. The average molecular weight is 164 g/mol. The molecule has 12 heavy (non-hydrogen) atoms. The largest absolute Gasteiger partial charge is 0.293 e. The number of hydrogen-bond acceptors (Lipinski definition) is 2. The molecule has 0 aromatic rings. The summed E-state index contributed by atoms with van der Waals surface area (Å²) in [6, 6.07) is 0. The molecule has 0 N–H and O–H groups in total. The number of aliphatic imine (C=N–C) groups is 2. The number of hydrogen-bond donors (Lipinski definition) is 0. The zero-order valence-corrected chi connectivity index (χ0v) is 7.66. The van der Waals surface area contributed by atoms with Gasteiger partial charge in [-0.3, -0.25) is 9.98 Å². The molecule has 1 rings (SSSR count). The first-order valence-corrected chi connectivity index (χ1v) is 4.51. The van der Waals surface area contributed by atoms with Gasteiger partial charge in [-0.2, -0.15) is 0 Å².